The van der Waals surface area contributed by atoms with Crippen LogP contribution in [0.15, 0.2) is 11.6 Å². The number of aliphatic hydroxyl groups is 1. The number of nitrogens with zero attached hydrogens (tertiary/aromatic N) is 1. The lowest BCUT2D eigenvalue weighted by Crippen LogP contribution is -2.50. The van der Waals surface area contributed by atoms with E-state index in [1.807, 2.05) is 6.08 Å². The molecule has 3 N–H and O–H groups in total. The number of hydrogen-bond acceptors (Lipinski definition) is 4. The average Bonchev–Trinajstić information content (AvgIpc) is 2.36. The van der Waals surface area contributed by atoms with Gasteiger partial charge >= 0.3 is 12.0 Å². The van der Waals surface area contributed by atoms with Crippen LogP contribution >= 0.6 is 0 Å². The van der Waals surface area contributed by atoms with Crippen molar-refractivity contribution in [2.75, 3.05) is 33.4 Å². The van der Waals surface area contributed by atoms with Gasteiger partial charge in [-0.2, -0.15) is 0 Å². The quantitative estimate of drug-likeness (QED) is 0.573. The van der Waals surface area contributed by atoms with E-state index in [1.54, 1.807) is 7.11 Å². The van der Waals surface area contributed by atoms with Crippen LogP contribution in [0.4, 0.5) is 4.79 Å². The predicted octanol–water partition coefficient (Wildman–Crippen LogP) is -0.580. The van der Waals surface area contributed by atoms with Crippen molar-refractivity contribution in [1.29, 1.82) is 0 Å². The standard InChI is InChI=1S/C11H18N2O5/c1-18-7-8-2-4-13(5-3-8)11(17)12-9(6-14)10(15)16/h2,9,14H,3-7H2,1H3,(H,12,17)(H,15,16)/t9-/m1/s1. The zero-order chi connectivity index (χ0) is 13.5. The summed E-state index contributed by atoms with van der Waals surface area (Å²) >= 11 is 0. The fourth-order valence-corrected chi connectivity index (χ4v) is 1.64. The van der Waals surface area contributed by atoms with Crippen LogP contribution in [0.2, 0.25) is 0 Å². The van der Waals surface area contributed by atoms with E-state index < -0.39 is 24.6 Å². The molecule has 7 heteroatoms. The number of carboxylic acid groups (broad SMARTS) is 1. The van der Waals surface area contributed by atoms with Gasteiger partial charge in [-0.3, -0.25) is 0 Å². The maximum Gasteiger partial charge on any atom is 0.328 e. The third-order valence-corrected chi connectivity index (χ3v) is 2.70. The Bertz CT molecular complexity index is 342. The lowest BCUT2D eigenvalue weighted by atomic mass is 10.1. The van der Waals surface area contributed by atoms with Crippen LogP contribution in [0, 0.1) is 0 Å². The Labute approximate surface area is 105 Å². The lowest BCUT2D eigenvalue weighted by molar-refractivity contribution is -0.140. The number of rotatable bonds is 5. The number of hydrogen-bond donors (Lipinski definition) is 3. The van der Waals surface area contributed by atoms with Gasteiger partial charge in [0, 0.05) is 20.2 Å². The molecule has 0 bridgehead atoms. The third-order valence-electron chi connectivity index (χ3n) is 2.70. The molecule has 0 spiro atoms. The van der Waals surface area contributed by atoms with Crippen molar-refractivity contribution in [3.05, 3.63) is 11.6 Å². The minimum absolute atomic E-state index is 0.419. The Hall–Kier alpha value is -1.60. The topological polar surface area (TPSA) is 99.1 Å². The molecule has 2 amide bonds. The predicted molar refractivity (Wildman–Crippen MR) is 63.2 cm³/mol. The molecule has 0 aliphatic carbocycles. The smallest absolute Gasteiger partial charge is 0.328 e. The first-order valence-corrected chi connectivity index (χ1v) is 5.64. The Kier molecular flexibility index (Phi) is 5.60. The van der Waals surface area contributed by atoms with E-state index in [4.69, 9.17) is 14.9 Å². The molecule has 0 unspecified atom stereocenters. The van der Waals surface area contributed by atoms with E-state index >= 15 is 0 Å². The Morgan fingerprint density at radius 2 is 2.33 bits per heavy atom. The first-order chi connectivity index (χ1) is 8.58. The van der Waals surface area contributed by atoms with E-state index in [1.165, 1.54) is 4.90 Å². The zero-order valence-electron chi connectivity index (χ0n) is 10.3. The molecule has 0 aromatic heterocycles. The molecule has 0 saturated heterocycles. The van der Waals surface area contributed by atoms with Crippen molar-refractivity contribution < 1.29 is 24.5 Å². The van der Waals surface area contributed by atoms with Gasteiger partial charge in [0.05, 0.1) is 13.2 Å². The molecule has 0 saturated carbocycles. The minimum atomic E-state index is -1.26. The van der Waals surface area contributed by atoms with Crippen molar-refractivity contribution in [3.63, 3.8) is 0 Å². The van der Waals surface area contributed by atoms with Crippen molar-refractivity contribution in [2.45, 2.75) is 12.5 Å². The maximum absolute atomic E-state index is 11.7. The number of nitrogens with one attached hydrogen (secondary N) is 1. The summed E-state index contributed by atoms with van der Waals surface area (Å²) in [5.74, 6) is -1.25. The summed E-state index contributed by atoms with van der Waals surface area (Å²) in [6, 6.07) is -1.74. The summed E-state index contributed by atoms with van der Waals surface area (Å²) in [4.78, 5) is 23.9. The first kappa shape index (κ1) is 14.5. The van der Waals surface area contributed by atoms with Gasteiger partial charge in [-0.25, -0.2) is 9.59 Å². The first-order valence-electron chi connectivity index (χ1n) is 5.64. The highest BCUT2D eigenvalue weighted by Crippen LogP contribution is 2.10. The lowest BCUT2D eigenvalue weighted by Gasteiger charge is -2.27. The molecule has 1 aliphatic rings. The third kappa shape index (κ3) is 4.01. The molecular weight excluding hydrogens is 240 g/mol. The van der Waals surface area contributed by atoms with E-state index in [2.05, 4.69) is 5.32 Å². The summed E-state index contributed by atoms with van der Waals surface area (Å²) in [5, 5.41) is 19.8. The molecule has 1 aliphatic heterocycles. The highest BCUT2D eigenvalue weighted by molar-refractivity contribution is 5.82. The molecule has 0 aromatic rings. The van der Waals surface area contributed by atoms with Crippen molar-refractivity contribution in [3.8, 4) is 0 Å². The SMILES string of the molecule is COCC1=CCN(C(=O)N[C@H](CO)C(=O)O)CC1. The molecule has 1 heterocycles. The summed E-state index contributed by atoms with van der Waals surface area (Å²) in [6.45, 7) is 0.852. The van der Waals surface area contributed by atoms with Crippen LogP contribution in [-0.2, 0) is 9.53 Å². The Morgan fingerprint density at radius 1 is 1.61 bits per heavy atom. The summed E-state index contributed by atoms with van der Waals surface area (Å²) in [7, 11) is 1.61. The Balaban J connectivity index is 2.47. The van der Waals surface area contributed by atoms with E-state index in [9.17, 15) is 9.59 Å². The number of carboxylic acids is 1. The fourth-order valence-electron chi connectivity index (χ4n) is 1.64. The summed E-state index contributed by atoms with van der Waals surface area (Å²) in [6.07, 6.45) is 2.60. The van der Waals surface area contributed by atoms with Crippen LogP contribution in [-0.4, -0.2) is 66.6 Å². The molecule has 102 valence electrons. The number of methoxy groups -OCH3 is 1. The van der Waals surface area contributed by atoms with Crippen LogP contribution in [0.25, 0.3) is 0 Å². The van der Waals surface area contributed by atoms with Gasteiger partial charge in [-0.15, -0.1) is 0 Å². The number of aliphatic hydroxyl groups excluding tert-OH is 1. The van der Waals surface area contributed by atoms with Crippen molar-refractivity contribution >= 4 is 12.0 Å². The van der Waals surface area contributed by atoms with Crippen LogP contribution in [0.3, 0.4) is 0 Å². The highest BCUT2D eigenvalue weighted by atomic mass is 16.5. The van der Waals surface area contributed by atoms with Gasteiger partial charge in [-0.05, 0) is 12.0 Å². The second-order valence-electron chi connectivity index (χ2n) is 4.01. The van der Waals surface area contributed by atoms with Gasteiger partial charge < -0.3 is 25.2 Å². The number of urea groups is 1. The van der Waals surface area contributed by atoms with Gasteiger partial charge in [-0.1, -0.05) is 6.08 Å². The van der Waals surface area contributed by atoms with Gasteiger partial charge in [0.2, 0.25) is 0 Å². The molecular formula is C11H18N2O5. The van der Waals surface area contributed by atoms with E-state index in [0.717, 1.165) is 5.57 Å². The molecule has 1 atom stereocenters. The number of carbonyl (C=O) groups is 2. The minimum Gasteiger partial charge on any atom is -0.480 e. The summed E-state index contributed by atoms with van der Waals surface area (Å²) < 4.78 is 4.99. The molecule has 0 aromatic carbocycles. The monoisotopic (exact) mass is 258 g/mol. The second-order valence-corrected chi connectivity index (χ2v) is 4.01. The molecule has 18 heavy (non-hydrogen) atoms. The van der Waals surface area contributed by atoms with E-state index in [0.29, 0.717) is 26.1 Å². The van der Waals surface area contributed by atoms with Crippen LogP contribution in [0.1, 0.15) is 6.42 Å². The summed E-state index contributed by atoms with van der Waals surface area (Å²) in [5.41, 5.74) is 1.12. The Morgan fingerprint density at radius 3 is 2.78 bits per heavy atom. The highest BCUT2D eigenvalue weighted by Gasteiger charge is 2.23. The van der Waals surface area contributed by atoms with Crippen LogP contribution in [0.5, 0.6) is 0 Å². The number of ether oxygens (including phenoxy) is 1. The van der Waals surface area contributed by atoms with Gasteiger partial charge in [0.25, 0.3) is 0 Å². The van der Waals surface area contributed by atoms with Crippen molar-refractivity contribution in [2.24, 2.45) is 0 Å². The number of aliphatic carboxylic acids is 1. The van der Waals surface area contributed by atoms with Gasteiger partial charge in [0.15, 0.2) is 6.04 Å². The molecule has 0 radical (unpaired) electrons. The van der Waals surface area contributed by atoms with Crippen LogP contribution < -0.4 is 5.32 Å². The molecule has 1 rings (SSSR count). The number of carbonyl (C=O) groups excluding carboxylic acids is 1. The van der Waals surface area contributed by atoms with Crippen molar-refractivity contribution in [1.82, 2.24) is 10.2 Å². The second kappa shape index (κ2) is 6.97. The average molecular weight is 258 g/mol. The molecule has 7 nitrogen and oxygen atoms in total. The largest absolute Gasteiger partial charge is 0.480 e. The fraction of sp³-hybridized carbons (Fsp3) is 0.636. The van der Waals surface area contributed by atoms with E-state index in [-0.39, 0.29) is 0 Å². The normalized spacial score (nSPS) is 17.0. The zero-order valence-corrected chi connectivity index (χ0v) is 10.3. The van der Waals surface area contributed by atoms with Gasteiger partial charge in [0.1, 0.15) is 0 Å². The molecule has 0 fully saturated rings. The number of amides is 2. The maximum atomic E-state index is 11.7.